The first-order valence-corrected chi connectivity index (χ1v) is 8.75. The third kappa shape index (κ3) is 2.11. The van der Waals surface area contributed by atoms with Crippen LogP contribution in [-0.4, -0.2) is 0 Å². The van der Waals surface area contributed by atoms with Crippen LogP contribution in [0.3, 0.4) is 0 Å². The molecule has 2 aliphatic rings. The van der Waals surface area contributed by atoms with E-state index < -0.39 is 11.4 Å². The second-order valence-corrected chi connectivity index (χ2v) is 6.94. The van der Waals surface area contributed by atoms with Crippen LogP contribution in [0.2, 0.25) is 0 Å². The Bertz CT molecular complexity index is 905. The lowest BCUT2D eigenvalue weighted by atomic mass is 9.90. The molecule has 3 aromatic rings. The van der Waals surface area contributed by atoms with Gasteiger partial charge in [0.25, 0.3) is 0 Å². The van der Waals surface area contributed by atoms with Crippen LogP contribution in [0.5, 0.6) is 0 Å². The monoisotopic (exact) mass is 344 g/mol. The number of hydrogen-bond donors (Lipinski definition) is 2. The lowest BCUT2D eigenvalue weighted by Crippen LogP contribution is -2.39. The maximum atomic E-state index is 6.62. The molecule has 5 rings (SSSR count). The van der Waals surface area contributed by atoms with Gasteiger partial charge in [0, 0.05) is 22.3 Å². The lowest BCUT2D eigenvalue weighted by Gasteiger charge is -2.28. The zero-order valence-electron chi connectivity index (χ0n) is 14.3. The Morgan fingerprint density at radius 3 is 1.38 bits per heavy atom. The van der Waals surface area contributed by atoms with E-state index in [2.05, 4.69) is 12.1 Å². The minimum absolute atomic E-state index is 0.520. The van der Waals surface area contributed by atoms with Crippen LogP contribution in [0.25, 0.3) is 0 Å². The molecule has 130 valence electrons. The molecule has 2 atom stereocenters. The summed E-state index contributed by atoms with van der Waals surface area (Å²) in [7, 11) is 0. The molecule has 0 radical (unpaired) electrons. The fraction of sp³-hybridized carbons (Fsp3) is 0.182. The van der Waals surface area contributed by atoms with Crippen LogP contribution < -0.4 is 11.5 Å². The Kier molecular flexibility index (Phi) is 3.33. The van der Waals surface area contributed by atoms with Crippen LogP contribution in [0.4, 0.5) is 0 Å². The first-order valence-electron chi connectivity index (χ1n) is 8.75. The van der Waals surface area contributed by atoms with E-state index in [0.29, 0.717) is 13.2 Å². The van der Waals surface area contributed by atoms with Gasteiger partial charge in [0.2, 0.25) is 0 Å². The van der Waals surface area contributed by atoms with E-state index >= 15 is 0 Å². The van der Waals surface area contributed by atoms with Gasteiger partial charge in [0.1, 0.15) is 0 Å². The number of hydrogen-bond acceptors (Lipinski definition) is 4. The summed E-state index contributed by atoms with van der Waals surface area (Å²) in [6.07, 6.45) is 0. The van der Waals surface area contributed by atoms with Crippen LogP contribution >= 0.6 is 0 Å². The van der Waals surface area contributed by atoms with Gasteiger partial charge in [-0.1, -0.05) is 72.8 Å². The summed E-state index contributed by atoms with van der Waals surface area (Å²) >= 11 is 0. The van der Waals surface area contributed by atoms with Gasteiger partial charge in [-0.15, -0.1) is 0 Å². The molecule has 3 aromatic carbocycles. The maximum absolute atomic E-state index is 6.62. The Hall–Kier alpha value is -2.50. The van der Waals surface area contributed by atoms with Crippen molar-refractivity contribution in [2.24, 2.45) is 11.5 Å². The summed E-state index contributed by atoms with van der Waals surface area (Å²) in [4.78, 5) is 0. The second kappa shape index (κ2) is 5.50. The van der Waals surface area contributed by atoms with Crippen molar-refractivity contribution in [3.8, 4) is 0 Å². The van der Waals surface area contributed by atoms with E-state index in [4.69, 9.17) is 20.9 Å². The predicted octanol–water partition coefficient (Wildman–Crippen LogP) is 3.07. The maximum Gasteiger partial charge on any atom is 0.169 e. The van der Waals surface area contributed by atoms with Crippen molar-refractivity contribution in [3.05, 3.63) is 106 Å². The van der Waals surface area contributed by atoms with Crippen LogP contribution in [-0.2, 0) is 34.1 Å². The van der Waals surface area contributed by atoms with Crippen molar-refractivity contribution in [3.63, 3.8) is 0 Å². The van der Waals surface area contributed by atoms with E-state index in [-0.39, 0.29) is 0 Å². The quantitative estimate of drug-likeness (QED) is 0.749. The normalized spacial score (nSPS) is 26.5. The summed E-state index contributed by atoms with van der Waals surface area (Å²) in [6, 6.07) is 24.1. The van der Waals surface area contributed by atoms with Crippen LogP contribution in [0, 0.1) is 0 Å². The molecule has 0 saturated carbocycles. The molecule has 0 aromatic heterocycles. The Labute approximate surface area is 152 Å². The second-order valence-electron chi connectivity index (χ2n) is 6.94. The summed E-state index contributed by atoms with van der Waals surface area (Å²) in [5, 5.41) is 0. The largest absolute Gasteiger partial charge is 0.348 e. The minimum Gasteiger partial charge on any atom is -0.348 e. The van der Waals surface area contributed by atoms with Gasteiger partial charge >= 0.3 is 0 Å². The fourth-order valence-electron chi connectivity index (χ4n) is 4.00. The Morgan fingerprint density at radius 2 is 0.962 bits per heavy atom. The fourth-order valence-corrected chi connectivity index (χ4v) is 4.00. The van der Waals surface area contributed by atoms with Gasteiger partial charge in [-0.25, -0.2) is 0 Å². The summed E-state index contributed by atoms with van der Waals surface area (Å²) in [6.45, 7) is 1.04. The smallest absolute Gasteiger partial charge is 0.169 e. The molecule has 0 amide bonds. The van der Waals surface area contributed by atoms with Crippen molar-refractivity contribution in [2.75, 3.05) is 0 Å². The van der Waals surface area contributed by atoms with Gasteiger partial charge < -0.3 is 9.47 Å². The number of ether oxygens (including phenoxy) is 2. The van der Waals surface area contributed by atoms with Crippen molar-refractivity contribution >= 4 is 0 Å². The molecule has 0 spiro atoms. The van der Waals surface area contributed by atoms with Crippen molar-refractivity contribution in [2.45, 2.75) is 24.7 Å². The third-order valence-corrected chi connectivity index (χ3v) is 5.49. The lowest BCUT2D eigenvalue weighted by molar-refractivity contribution is -0.00291. The molecule has 0 aliphatic carbocycles. The van der Waals surface area contributed by atoms with E-state index in [9.17, 15) is 0 Å². The molecule has 0 saturated heterocycles. The Balaban J connectivity index is 1.53. The van der Waals surface area contributed by atoms with E-state index in [0.717, 1.165) is 33.4 Å². The average Bonchev–Trinajstić information content (AvgIpc) is 3.22. The van der Waals surface area contributed by atoms with Gasteiger partial charge in [-0.05, 0) is 11.1 Å². The van der Waals surface area contributed by atoms with E-state index in [1.54, 1.807) is 0 Å². The van der Waals surface area contributed by atoms with E-state index in [1.165, 1.54) is 0 Å². The number of nitrogens with two attached hydrogens (primary N) is 2. The molecule has 26 heavy (non-hydrogen) atoms. The van der Waals surface area contributed by atoms with Crippen LogP contribution in [0.15, 0.2) is 72.8 Å². The van der Waals surface area contributed by atoms with Gasteiger partial charge in [0.15, 0.2) is 11.4 Å². The molecule has 0 fully saturated rings. The molecular weight excluding hydrogens is 324 g/mol. The minimum atomic E-state index is -0.925. The predicted molar refractivity (Wildman–Crippen MR) is 98.8 cm³/mol. The highest BCUT2D eigenvalue weighted by atomic mass is 16.5. The summed E-state index contributed by atoms with van der Waals surface area (Å²) in [5.74, 6) is 0. The molecule has 0 bridgehead atoms. The van der Waals surface area contributed by atoms with Gasteiger partial charge in [0.05, 0.1) is 13.2 Å². The van der Waals surface area contributed by atoms with E-state index in [1.807, 2.05) is 60.7 Å². The first kappa shape index (κ1) is 15.7. The zero-order valence-corrected chi connectivity index (χ0v) is 14.3. The molecule has 4 heteroatoms. The zero-order chi connectivity index (χ0) is 17.8. The molecular formula is C22H20N2O2. The summed E-state index contributed by atoms with van der Waals surface area (Å²) in [5.41, 5.74) is 17.5. The number of fused-ring (bicyclic) bond motifs is 2. The molecule has 4 N–H and O–H groups in total. The SMILES string of the molecule is NC1(c2ccc(C3(N)OCc4ccccc43)cc2)OCc2ccccc21. The molecule has 2 unspecified atom stereocenters. The highest BCUT2D eigenvalue weighted by Gasteiger charge is 2.40. The summed E-state index contributed by atoms with van der Waals surface area (Å²) < 4.78 is 11.9. The standard InChI is InChI=1S/C22H20N2O2/c23-21(19-7-3-1-5-15(19)13-25-21)17-9-11-18(12-10-17)22(24)20-8-4-2-6-16(20)14-26-22/h1-12H,13-14,23-24H2. The van der Waals surface area contributed by atoms with Crippen molar-refractivity contribution in [1.29, 1.82) is 0 Å². The number of rotatable bonds is 2. The van der Waals surface area contributed by atoms with Crippen molar-refractivity contribution in [1.82, 2.24) is 0 Å². The highest BCUT2D eigenvalue weighted by molar-refractivity contribution is 5.47. The first-order chi connectivity index (χ1) is 12.6. The van der Waals surface area contributed by atoms with Gasteiger partial charge in [-0.2, -0.15) is 0 Å². The average molecular weight is 344 g/mol. The molecule has 4 nitrogen and oxygen atoms in total. The van der Waals surface area contributed by atoms with Gasteiger partial charge in [-0.3, -0.25) is 11.5 Å². The topological polar surface area (TPSA) is 70.5 Å². The highest BCUT2D eigenvalue weighted by Crippen LogP contribution is 2.40. The molecule has 2 aliphatic heterocycles. The third-order valence-electron chi connectivity index (χ3n) is 5.49. The van der Waals surface area contributed by atoms with Crippen molar-refractivity contribution < 1.29 is 9.47 Å². The number of benzene rings is 3. The van der Waals surface area contributed by atoms with Crippen LogP contribution in [0.1, 0.15) is 33.4 Å². The molecule has 2 heterocycles. The Morgan fingerprint density at radius 1 is 0.577 bits per heavy atom.